The van der Waals surface area contributed by atoms with Crippen LogP contribution in [0.4, 0.5) is 5.69 Å². The van der Waals surface area contributed by atoms with Gasteiger partial charge in [-0.15, -0.1) is 0 Å². The average Bonchev–Trinajstić information content (AvgIpc) is 3.05. The highest BCUT2D eigenvalue weighted by molar-refractivity contribution is 9.10. The Hall–Kier alpha value is -4.15. The fourth-order valence-electron chi connectivity index (χ4n) is 4.84. The zero-order chi connectivity index (χ0) is 32.4. The molecule has 0 spiro atoms. The van der Waals surface area contributed by atoms with E-state index < -0.39 is 28.5 Å². The monoisotopic (exact) mass is 691 g/mol. The van der Waals surface area contributed by atoms with E-state index in [2.05, 4.69) is 21.2 Å². The van der Waals surface area contributed by atoms with Crippen LogP contribution in [-0.2, 0) is 32.6 Å². The molecule has 2 atom stereocenters. The standard InChI is InChI=1S/C35H38BrN3O5S/c1-4-26(2)37-35(41)33(22-27-13-7-5-8-14-27)38(24-28-15-11-18-31(21-28)44-3)34(40)25-39(30-17-12-16-29(36)23-30)45(42,43)32-19-9-6-10-20-32/h5-21,23,26,33H,4,22,24-25H2,1-3H3,(H,37,41)/t26-,33+/m1/s1. The summed E-state index contributed by atoms with van der Waals surface area (Å²) in [6, 6.07) is 30.5. The van der Waals surface area contributed by atoms with Gasteiger partial charge in [-0.3, -0.25) is 13.9 Å². The van der Waals surface area contributed by atoms with E-state index in [4.69, 9.17) is 4.74 Å². The number of halogens is 1. The van der Waals surface area contributed by atoms with Crippen LogP contribution >= 0.6 is 15.9 Å². The molecule has 45 heavy (non-hydrogen) atoms. The molecule has 2 amide bonds. The molecule has 0 bridgehead atoms. The quantitative estimate of drug-likeness (QED) is 0.170. The molecular weight excluding hydrogens is 654 g/mol. The molecule has 0 unspecified atom stereocenters. The minimum atomic E-state index is -4.17. The van der Waals surface area contributed by atoms with Crippen LogP contribution in [0.2, 0.25) is 0 Å². The summed E-state index contributed by atoms with van der Waals surface area (Å²) < 4.78 is 35.3. The lowest BCUT2D eigenvalue weighted by Gasteiger charge is -2.34. The molecule has 0 radical (unpaired) electrons. The number of hydrogen-bond donors (Lipinski definition) is 1. The van der Waals surface area contributed by atoms with Gasteiger partial charge in [-0.25, -0.2) is 8.42 Å². The first-order chi connectivity index (χ1) is 21.6. The minimum Gasteiger partial charge on any atom is -0.497 e. The van der Waals surface area contributed by atoms with Gasteiger partial charge in [0.15, 0.2) is 0 Å². The van der Waals surface area contributed by atoms with Crippen LogP contribution in [0.3, 0.4) is 0 Å². The number of methoxy groups -OCH3 is 1. The number of benzene rings is 4. The van der Waals surface area contributed by atoms with Crippen LogP contribution < -0.4 is 14.4 Å². The van der Waals surface area contributed by atoms with Crippen LogP contribution in [0.15, 0.2) is 119 Å². The summed E-state index contributed by atoms with van der Waals surface area (Å²) in [6.45, 7) is 3.41. The van der Waals surface area contributed by atoms with Crippen LogP contribution in [0.1, 0.15) is 31.4 Å². The Bertz CT molecular complexity index is 1690. The third-order valence-electron chi connectivity index (χ3n) is 7.47. The van der Waals surface area contributed by atoms with Crippen molar-refractivity contribution in [2.45, 2.75) is 50.2 Å². The number of ether oxygens (including phenoxy) is 1. The van der Waals surface area contributed by atoms with Gasteiger partial charge in [0.05, 0.1) is 17.7 Å². The molecule has 1 N–H and O–H groups in total. The van der Waals surface area contributed by atoms with Gasteiger partial charge in [0, 0.05) is 23.5 Å². The van der Waals surface area contributed by atoms with Crippen molar-refractivity contribution in [2.24, 2.45) is 0 Å². The first kappa shape index (κ1) is 33.7. The molecule has 0 saturated carbocycles. The molecule has 10 heteroatoms. The van der Waals surface area contributed by atoms with E-state index in [-0.39, 0.29) is 29.8 Å². The number of carbonyl (C=O) groups excluding carboxylic acids is 2. The number of rotatable bonds is 14. The van der Waals surface area contributed by atoms with Crippen LogP contribution in [0.5, 0.6) is 5.75 Å². The molecule has 4 aromatic carbocycles. The number of amides is 2. The molecule has 0 aliphatic heterocycles. The summed E-state index contributed by atoms with van der Waals surface area (Å²) in [5.74, 6) is -0.243. The molecule has 4 aromatic rings. The predicted molar refractivity (Wildman–Crippen MR) is 180 cm³/mol. The summed E-state index contributed by atoms with van der Waals surface area (Å²) in [4.78, 5) is 30.0. The number of anilines is 1. The van der Waals surface area contributed by atoms with E-state index in [1.807, 2.05) is 56.3 Å². The molecule has 0 fully saturated rings. The second-order valence-electron chi connectivity index (χ2n) is 10.7. The van der Waals surface area contributed by atoms with Crippen molar-refractivity contribution in [3.8, 4) is 5.75 Å². The number of nitrogens with one attached hydrogen (secondary N) is 1. The lowest BCUT2D eigenvalue weighted by molar-refractivity contribution is -0.140. The third-order valence-corrected chi connectivity index (χ3v) is 9.75. The minimum absolute atomic E-state index is 0.0486. The SMILES string of the molecule is CC[C@@H](C)NC(=O)[C@H](Cc1ccccc1)N(Cc1cccc(OC)c1)C(=O)CN(c1cccc(Br)c1)S(=O)(=O)c1ccccc1. The first-order valence-electron chi connectivity index (χ1n) is 14.7. The van der Waals surface area contributed by atoms with Gasteiger partial charge in [0.1, 0.15) is 18.3 Å². The fraction of sp³-hybridized carbons (Fsp3) is 0.257. The van der Waals surface area contributed by atoms with Gasteiger partial charge in [-0.1, -0.05) is 89.6 Å². The van der Waals surface area contributed by atoms with Crippen molar-refractivity contribution in [1.82, 2.24) is 10.2 Å². The summed E-state index contributed by atoms with van der Waals surface area (Å²) >= 11 is 3.43. The van der Waals surface area contributed by atoms with Gasteiger partial charge in [0.2, 0.25) is 11.8 Å². The van der Waals surface area contributed by atoms with Gasteiger partial charge in [-0.05, 0) is 66.9 Å². The highest BCUT2D eigenvalue weighted by Crippen LogP contribution is 2.27. The lowest BCUT2D eigenvalue weighted by atomic mass is 10.0. The zero-order valence-electron chi connectivity index (χ0n) is 25.6. The molecule has 0 heterocycles. The maximum Gasteiger partial charge on any atom is 0.264 e. The molecule has 0 saturated heterocycles. The third kappa shape index (κ3) is 8.95. The Kier molecular flexibility index (Phi) is 11.8. The van der Waals surface area contributed by atoms with Crippen molar-refractivity contribution >= 4 is 43.5 Å². The van der Waals surface area contributed by atoms with E-state index in [9.17, 15) is 18.0 Å². The zero-order valence-corrected chi connectivity index (χ0v) is 28.0. The van der Waals surface area contributed by atoms with Gasteiger partial charge >= 0.3 is 0 Å². The predicted octanol–water partition coefficient (Wildman–Crippen LogP) is 6.21. The second kappa shape index (κ2) is 15.7. The second-order valence-corrected chi connectivity index (χ2v) is 13.5. The smallest absolute Gasteiger partial charge is 0.264 e. The molecular formula is C35H38BrN3O5S. The average molecular weight is 693 g/mol. The number of nitrogens with zero attached hydrogens (tertiary/aromatic N) is 2. The molecule has 0 aliphatic rings. The largest absolute Gasteiger partial charge is 0.497 e. The summed E-state index contributed by atoms with van der Waals surface area (Å²) in [5.41, 5.74) is 1.91. The van der Waals surface area contributed by atoms with Crippen molar-refractivity contribution in [1.29, 1.82) is 0 Å². The Balaban J connectivity index is 1.81. The first-order valence-corrected chi connectivity index (χ1v) is 17.0. The Morgan fingerprint density at radius 2 is 1.51 bits per heavy atom. The van der Waals surface area contributed by atoms with Crippen molar-refractivity contribution < 1.29 is 22.7 Å². The number of sulfonamides is 1. The van der Waals surface area contributed by atoms with Crippen molar-refractivity contribution in [3.63, 3.8) is 0 Å². The van der Waals surface area contributed by atoms with Crippen LogP contribution in [0, 0.1) is 0 Å². The fourth-order valence-corrected chi connectivity index (χ4v) is 6.66. The maximum absolute atomic E-state index is 14.5. The Labute approximate surface area is 274 Å². The molecule has 236 valence electrons. The highest BCUT2D eigenvalue weighted by atomic mass is 79.9. The van der Waals surface area contributed by atoms with Crippen LogP contribution in [-0.4, -0.2) is 50.9 Å². The lowest BCUT2D eigenvalue weighted by Crippen LogP contribution is -2.54. The molecule has 8 nitrogen and oxygen atoms in total. The summed E-state index contributed by atoms with van der Waals surface area (Å²) in [6.07, 6.45) is 0.945. The normalized spacial score (nSPS) is 12.5. The van der Waals surface area contributed by atoms with Gasteiger partial charge < -0.3 is 15.0 Å². The Morgan fingerprint density at radius 3 is 2.16 bits per heavy atom. The van der Waals surface area contributed by atoms with Crippen molar-refractivity contribution in [2.75, 3.05) is 18.0 Å². The van der Waals surface area contributed by atoms with Crippen molar-refractivity contribution in [3.05, 3.63) is 125 Å². The topological polar surface area (TPSA) is 96.0 Å². The van der Waals surface area contributed by atoms with E-state index in [0.29, 0.717) is 22.3 Å². The maximum atomic E-state index is 14.5. The molecule has 4 rings (SSSR count). The van der Waals surface area contributed by atoms with E-state index >= 15 is 0 Å². The van der Waals surface area contributed by atoms with Gasteiger partial charge in [-0.2, -0.15) is 0 Å². The molecule has 0 aromatic heterocycles. The van der Waals surface area contributed by atoms with E-state index in [1.165, 1.54) is 17.0 Å². The van der Waals surface area contributed by atoms with Crippen LogP contribution in [0.25, 0.3) is 0 Å². The Morgan fingerprint density at radius 1 is 0.867 bits per heavy atom. The summed E-state index contributed by atoms with van der Waals surface area (Å²) in [5, 5.41) is 3.05. The summed E-state index contributed by atoms with van der Waals surface area (Å²) in [7, 11) is -2.61. The highest BCUT2D eigenvalue weighted by Gasteiger charge is 2.35. The number of hydrogen-bond acceptors (Lipinski definition) is 5. The van der Waals surface area contributed by atoms with Gasteiger partial charge in [0.25, 0.3) is 10.0 Å². The number of carbonyl (C=O) groups is 2. The van der Waals surface area contributed by atoms with E-state index in [1.54, 1.807) is 61.7 Å². The molecule has 0 aliphatic carbocycles. The van der Waals surface area contributed by atoms with E-state index in [0.717, 1.165) is 15.4 Å².